The molecule has 0 fully saturated rings. The van der Waals surface area contributed by atoms with E-state index in [0.29, 0.717) is 5.75 Å². The number of para-hydroxylation sites is 2. The molecule has 0 saturated carbocycles. The minimum absolute atomic E-state index is 0.110. The van der Waals surface area contributed by atoms with Gasteiger partial charge in [-0.1, -0.05) is 18.2 Å². The van der Waals surface area contributed by atoms with Crippen LogP contribution in [-0.2, 0) is 11.2 Å². The summed E-state index contributed by atoms with van der Waals surface area (Å²) in [5.74, 6) is 2.02. The lowest BCUT2D eigenvalue weighted by atomic mass is 10.1. The Morgan fingerprint density at radius 1 is 1.19 bits per heavy atom. The highest BCUT2D eigenvalue weighted by atomic mass is 16.7. The summed E-state index contributed by atoms with van der Waals surface area (Å²) < 4.78 is 15.9. The molecule has 3 rings (SSSR count). The van der Waals surface area contributed by atoms with Crippen LogP contribution >= 0.6 is 0 Å². The van der Waals surface area contributed by atoms with Crippen LogP contribution in [0.15, 0.2) is 47.6 Å². The van der Waals surface area contributed by atoms with Crippen molar-refractivity contribution in [3.63, 3.8) is 0 Å². The molecular formula is C20H23N3O4. The van der Waals surface area contributed by atoms with Crippen molar-refractivity contribution in [1.29, 1.82) is 0 Å². The van der Waals surface area contributed by atoms with E-state index in [1.54, 1.807) is 7.11 Å². The third-order valence-corrected chi connectivity index (χ3v) is 4.13. The number of carbonyl (C=O) groups excluding carboxylic acids is 1. The number of methoxy groups -OCH3 is 1. The van der Waals surface area contributed by atoms with Crippen molar-refractivity contribution in [2.24, 2.45) is 5.10 Å². The van der Waals surface area contributed by atoms with E-state index in [1.807, 2.05) is 49.4 Å². The predicted molar refractivity (Wildman–Crippen MR) is 104 cm³/mol. The number of benzene rings is 2. The van der Waals surface area contributed by atoms with Gasteiger partial charge in [-0.05, 0) is 49.6 Å². The van der Waals surface area contributed by atoms with Gasteiger partial charge >= 0.3 is 0 Å². The summed E-state index contributed by atoms with van der Waals surface area (Å²) in [4.78, 5) is 12.0. The molecule has 0 saturated heterocycles. The zero-order chi connectivity index (χ0) is 19.1. The van der Waals surface area contributed by atoms with Crippen molar-refractivity contribution in [3.8, 4) is 17.2 Å². The molecule has 1 heterocycles. The molecule has 0 aromatic heterocycles. The van der Waals surface area contributed by atoms with Gasteiger partial charge < -0.3 is 19.5 Å². The Morgan fingerprint density at radius 2 is 2.00 bits per heavy atom. The van der Waals surface area contributed by atoms with E-state index < -0.39 is 0 Å². The molecule has 1 aliphatic rings. The van der Waals surface area contributed by atoms with Gasteiger partial charge in [0.1, 0.15) is 5.75 Å². The summed E-state index contributed by atoms with van der Waals surface area (Å²) in [7, 11) is 1.59. The van der Waals surface area contributed by atoms with E-state index in [4.69, 9.17) is 14.2 Å². The highest BCUT2D eigenvalue weighted by Crippen LogP contribution is 2.32. The van der Waals surface area contributed by atoms with Crippen LogP contribution in [0.2, 0.25) is 0 Å². The first-order valence-corrected chi connectivity index (χ1v) is 8.73. The topological polar surface area (TPSA) is 81.2 Å². The number of ether oxygens (including phenoxy) is 3. The van der Waals surface area contributed by atoms with Gasteiger partial charge in [-0.25, -0.2) is 5.43 Å². The van der Waals surface area contributed by atoms with Crippen LogP contribution < -0.4 is 25.0 Å². The van der Waals surface area contributed by atoms with Crippen LogP contribution in [0.5, 0.6) is 17.2 Å². The van der Waals surface area contributed by atoms with Crippen molar-refractivity contribution in [1.82, 2.24) is 5.43 Å². The lowest BCUT2D eigenvalue weighted by Gasteiger charge is -2.10. The number of nitrogens with zero attached hydrogens (tertiary/aromatic N) is 1. The summed E-state index contributed by atoms with van der Waals surface area (Å²) in [6.45, 7) is 2.27. The molecule has 0 atom stereocenters. The van der Waals surface area contributed by atoms with Crippen molar-refractivity contribution >= 4 is 17.3 Å². The largest absolute Gasteiger partial charge is 0.495 e. The molecule has 1 amide bonds. The summed E-state index contributed by atoms with van der Waals surface area (Å²) >= 11 is 0. The normalized spacial score (nSPS) is 12.6. The molecule has 2 aromatic carbocycles. The van der Waals surface area contributed by atoms with Crippen LogP contribution in [-0.4, -0.2) is 32.1 Å². The number of nitrogens with one attached hydrogen (secondary N) is 2. The van der Waals surface area contributed by atoms with Crippen molar-refractivity contribution in [2.45, 2.75) is 19.8 Å². The van der Waals surface area contributed by atoms with Crippen LogP contribution in [0.1, 0.15) is 18.9 Å². The third-order valence-electron chi connectivity index (χ3n) is 4.13. The lowest BCUT2D eigenvalue weighted by Crippen LogP contribution is -2.26. The zero-order valence-electron chi connectivity index (χ0n) is 15.5. The van der Waals surface area contributed by atoms with Crippen molar-refractivity contribution < 1.29 is 19.0 Å². The lowest BCUT2D eigenvalue weighted by molar-refractivity contribution is -0.119. The zero-order valence-corrected chi connectivity index (χ0v) is 15.5. The fourth-order valence-corrected chi connectivity index (χ4v) is 2.64. The molecule has 2 aromatic rings. The minimum Gasteiger partial charge on any atom is -0.495 e. The van der Waals surface area contributed by atoms with Crippen LogP contribution in [0.25, 0.3) is 0 Å². The molecular weight excluding hydrogens is 346 g/mol. The Hall–Kier alpha value is -3.22. The number of amides is 1. The molecule has 0 bridgehead atoms. The van der Waals surface area contributed by atoms with Gasteiger partial charge in [0.2, 0.25) is 6.79 Å². The SMILES string of the molecule is COc1ccccc1NCC(=O)NN=C(C)CCc1ccc2c(c1)OCO2. The summed E-state index contributed by atoms with van der Waals surface area (Å²) in [6.07, 6.45) is 1.54. The predicted octanol–water partition coefficient (Wildman–Crippen LogP) is 2.96. The first-order chi connectivity index (χ1) is 13.2. The second-order valence-corrected chi connectivity index (χ2v) is 6.12. The van der Waals surface area contributed by atoms with E-state index in [1.165, 1.54) is 0 Å². The molecule has 0 spiro atoms. The molecule has 0 unspecified atom stereocenters. The Bertz CT molecular complexity index is 836. The van der Waals surface area contributed by atoms with Crippen molar-refractivity contribution in [3.05, 3.63) is 48.0 Å². The Kier molecular flexibility index (Phi) is 6.14. The molecule has 27 heavy (non-hydrogen) atoms. The Labute approximate surface area is 158 Å². The highest BCUT2D eigenvalue weighted by molar-refractivity contribution is 5.86. The molecule has 142 valence electrons. The van der Waals surface area contributed by atoms with E-state index in [2.05, 4.69) is 15.8 Å². The number of fused-ring (bicyclic) bond motifs is 1. The molecule has 2 N–H and O–H groups in total. The maximum Gasteiger partial charge on any atom is 0.259 e. The van der Waals surface area contributed by atoms with Gasteiger partial charge in [0.05, 0.1) is 19.3 Å². The van der Waals surface area contributed by atoms with Crippen molar-refractivity contribution in [2.75, 3.05) is 25.8 Å². The average Bonchev–Trinajstić information content (AvgIpc) is 3.17. The summed E-state index contributed by atoms with van der Waals surface area (Å²) in [6, 6.07) is 13.3. The van der Waals surface area contributed by atoms with E-state index in [9.17, 15) is 4.79 Å². The van der Waals surface area contributed by atoms with Gasteiger partial charge in [-0.2, -0.15) is 5.10 Å². The molecule has 1 aliphatic heterocycles. The van der Waals surface area contributed by atoms with Gasteiger partial charge in [0.15, 0.2) is 11.5 Å². The van der Waals surface area contributed by atoms with Gasteiger partial charge in [0, 0.05) is 5.71 Å². The number of hydrazone groups is 1. The van der Waals surface area contributed by atoms with Crippen LogP contribution in [0.4, 0.5) is 5.69 Å². The second kappa shape index (κ2) is 8.93. The number of anilines is 1. The van der Waals surface area contributed by atoms with Gasteiger partial charge in [0.25, 0.3) is 5.91 Å². The molecule has 0 aliphatic carbocycles. The van der Waals surface area contributed by atoms with Crippen LogP contribution in [0, 0.1) is 0 Å². The average molecular weight is 369 g/mol. The minimum atomic E-state index is -0.219. The van der Waals surface area contributed by atoms with E-state index in [0.717, 1.165) is 41.3 Å². The van der Waals surface area contributed by atoms with Gasteiger partial charge in [-0.3, -0.25) is 4.79 Å². The Morgan fingerprint density at radius 3 is 2.85 bits per heavy atom. The van der Waals surface area contributed by atoms with Gasteiger partial charge in [-0.15, -0.1) is 0 Å². The third kappa shape index (κ3) is 5.13. The second-order valence-electron chi connectivity index (χ2n) is 6.12. The number of carbonyl (C=O) groups is 1. The van der Waals surface area contributed by atoms with Crippen LogP contribution in [0.3, 0.4) is 0 Å². The fraction of sp³-hybridized carbons (Fsp3) is 0.300. The number of rotatable bonds is 8. The summed E-state index contributed by atoms with van der Waals surface area (Å²) in [5.41, 5.74) is 5.31. The number of hydrogen-bond acceptors (Lipinski definition) is 6. The highest BCUT2D eigenvalue weighted by Gasteiger charge is 2.13. The number of aryl methyl sites for hydroxylation is 1. The first kappa shape index (κ1) is 18.6. The molecule has 7 nitrogen and oxygen atoms in total. The standard InChI is InChI=1S/C20H23N3O4/c1-14(7-8-15-9-10-18-19(11-15)27-13-26-18)22-23-20(24)12-21-16-5-3-4-6-17(16)25-2/h3-6,9-11,21H,7-8,12-13H2,1-2H3,(H,23,24). The maximum atomic E-state index is 12.0. The monoisotopic (exact) mass is 369 g/mol. The molecule has 7 heteroatoms. The number of hydrogen-bond donors (Lipinski definition) is 2. The molecule has 0 radical (unpaired) electrons. The fourth-order valence-electron chi connectivity index (χ4n) is 2.64. The maximum absolute atomic E-state index is 12.0. The van der Waals surface area contributed by atoms with E-state index in [-0.39, 0.29) is 19.2 Å². The smallest absolute Gasteiger partial charge is 0.259 e. The Balaban J connectivity index is 1.43. The van der Waals surface area contributed by atoms with E-state index >= 15 is 0 Å². The summed E-state index contributed by atoms with van der Waals surface area (Å²) in [5, 5.41) is 7.19. The first-order valence-electron chi connectivity index (χ1n) is 8.73. The quantitative estimate of drug-likeness (QED) is 0.552.